The van der Waals surface area contributed by atoms with Crippen molar-refractivity contribution in [1.82, 2.24) is 0 Å². The fourth-order valence-corrected chi connectivity index (χ4v) is 2.84. The molecule has 0 radical (unpaired) electrons. The Balaban J connectivity index is 2.45. The Bertz CT molecular complexity index is 855. The molecule has 0 saturated carbocycles. The lowest BCUT2D eigenvalue weighted by Gasteiger charge is -2.28. The number of hydrogen-bond donors (Lipinski definition) is 0. The normalized spacial score (nSPS) is 13.7. The van der Waals surface area contributed by atoms with Crippen molar-refractivity contribution >= 4 is 17.5 Å². The van der Waals surface area contributed by atoms with Gasteiger partial charge in [-0.3, -0.25) is 14.4 Å². The van der Waals surface area contributed by atoms with Crippen molar-refractivity contribution in [3.05, 3.63) is 71.8 Å². The summed E-state index contributed by atoms with van der Waals surface area (Å²) in [7, 11) is 0. The maximum Gasteiger partial charge on any atom is 0.326 e. The number of benzene rings is 2. The van der Waals surface area contributed by atoms with Crippen LogP contribution in [0.25, 0.3) is 0 Å². The molecule has 2 atom stereocenters. The van der Waals surface area contributed by atoms with Gasteiger partial charge in [-0.15, -0.1) is 0 Å². The van der Waals surface area contributed by atoms with Crippen LogP contribution in [-0.2, 0) is 9.53 Å². The van der Waals surface area contributed by atoms with E-state index in [1.165, 1.54) is 6.92 Å². The summed E-state index contributed by atoms with van der Waals surface area (Å²) < 4.78 is 5.03. The van der Waals surface area contributed by atoms with Gasteiger partial charge in [0.1, 0.15) is 0 Å². The molecular formula is C22H21NO4. The molecule has 27 heavy (non-hydrogen) atoms. The molecule has 0 saturated heterocycles. The highest BCUT2D eigenvalue weighted by Crippen LogP contribution is 2.35. The van der Waals surface area contributed by atoms with E-state index in [1.54, 1.807) is 67.6 Å². The molecule has 0 aliphatic heterocycles. The summed E-state index contributed by atoms with van der Waals surface area (Å²) in [4.78, 5) is 38.3. The van der Waals surface area contributed by atoms with E-state index in [9.17, 15) is 19.6 Å². The van der Waals surface area contributed by atoms with Crippen LogP contribution in [0, 0.1) is 22.7 Å². The number of Topliss-reactive ketones (excluding diaryl/α,β-unsaturated/α-hetero) is 2. The van der Waals surface area contributed by atoms with Gasteiger partial charge in [0.2, 0.25) is 0 Å². The highest BCUT2D eigenvalue weighted by atomic mass is 16.5. The second-order valence-electron chi connectivity index (χ2n) is 6.31. The molecule has 138 valence electrons. The maximum atomic E-state index is 13.1. The largest absolute Gasteiger partial charge is 0.465 e. The molecule has 5 nitrogen and oxygen atoms in total. The average Bonchev–Trinajstić information content (AvgIpc) is 2.72. The first kappa shape index (κ1) is 20.1. The van der Waals surface area contributed by atoms with Crippen molar-refractivity contribution < 1.29 is 19.1 Å². The zero-order chi connectivity index (χ0) is 19.9. The van der Waals surface area contributed by atoms with E-state index in [4.69, 9.17) is 4.74 Å². The molecule has 2 aromatic carbocycles. The van der Waals surface area contributed by atoms with Gasteiger partial charge in [0.05, 0.1) is 18.6 Å². The number of carbonyl (C=O) groups excluding carboxylic acids is 3. The molecule has 0 fully saturated rings. The maximum absolute atomic E-state index is 13.1. The quantitative estimate of drug-likeness (QED) is 0.525. The van der Waals surface area contributed by atoms with Crippen molar-refractivity contribution in [2.24, 2.45) is 11.3 Å². The van der Waals surface area contributed by atoms with E-state index in [0.717, 1.165) is 0 Å². The van der Waals surface area contributed by atoms with E-state index < -0.39 is 23.1 Å². The van der Waals surface area contributed by atoms with Gasteiger partial charge >= 0.3 is 5.97 Å². The summed E-state index contributed by atoms with van der Waals surface area (Å²) in [6, 6.07) is 18.8. The topological polar surface area (TPSA) is 84.2 Å². The SMILES string of the molecule is CCOC(=O)C(C)(C#N)C(CC(=O)c1ccccc1)C(=O)c1ccccc1. The molecule has 0 N–H and O–H groups in total. The van der Waals surface area contributed by atoms with Crippen LogP contribution in [0.1, 0.15) is 41.0 Å². The Kier molecular flexibility index (Phi) is 6.62. The number of rotatable bonds is 8. The van der Waals surface area contributed by atoms with Crippen LogP contribution in [0.2, 0.25) is 0 Å². The molecule has 2 aromatic rings. The van der Waals surface area contributed by atoms with Crippen LogP contribution >= 0.6 is 0 Å². The Morgan fingerprint density at radius 2 is 1.52 bits per heavy atom. The van der Waals surface area contributed by atoms with Gasteiger partial charge in [-0.2, -0.15) is 5.26 Å². The summed E-state index contributed by atoms with van der Waals surface area (Å²) in [6.45, 7) is 3.06. The summed E-state index contributed by atoms with van der Waals surface area (Å²) in [5.74, 6) is -2.70. The lowest BCUT2D eigenvalue weighted by molar-refractivity contribution is -0.153. The van der Waals surface area contributed by atoms with Crippen LogP contribution in [0.4, 0.5) is 0 Å². The molecule has 0 spiro atoms. The number of nitrogens with zero attached hydrogens (tertiary/aromatic N) is 1. The van der Waals surface area contributed by atoms with E-state index >= 15 is 0 Å². The fraction of sp³-hybridized carbons (Fsp3) is 0.273. The number of nitriles is 1. The Morgan fingerprint density at radius 3 is 2.00 bits per heavy atom. The van der Waals surface area contributed by atoms with Gasteiger partial charge in [-0.25, -0.2) is 0 Å². The van der Waals surface area contributed by atoms with Crippen LogP contribution < -0.4 is 0 Å². The molecular weight excluding hydrogens is 342 g/mol. The van der Waals surface area contributed by atoms with Crippen LogP contribution in [0.3, 0.4) is 0 Å². The summed E-state index contributed by atoms with van der Waals surface area (Å²) in [5.41, 5.74) is -1.01. The molecule has 0 bridgehead atoms. The molecule has 2 rings (SSSR count). The Hall–Kier alpha value is -3.26. The third-order valence-electron chi connectivity index (χ3n) is 4.49. The summed E-state index contributed by atoms with van der Waals surface area (Å²) >= 11 is 0. The molecule has 5 heteroatoms. The summed E-state index contributed by atoms with van der Waals surface area (Å²) in [6.07, 6.45) is -0.263. The Morgan fingerprint density at radius 1 is 1.00 bits per heavy atom. The molecule has 2 unspecified atom stereocenters. The zero-order valence-electron chi connectivity index (χ0n) is 15.3. The third kappa shape index (κ3) is 4.48. The van der Waals surface area contributed by atoms with Crippen molar-refractivity contribution in [3.63, 3.8) is 0 Å². The third-order valence-corrected chi connectivity index (χ3v) is 4.49. The number of hydrogen-bond acceptors (Lipinski definition) is 5. The molecule has 0 amide bonds. The summed E-state index contributed by atoms with van der Waals surface area (Å²) in [5, 5.41) is 9.72. The van der Waals surface area contributed by atoms with Gasteiger partial charge < -0.3 is 4.74 Å². The minimum atomic E-state index is -1.77. The second-order valence-corrected chi connectivity index (χ2v) is 6.31. The van der Waals surface area contributed by atoms with Gasteiger partial charge in [-0.1, -0.05) is 60.7 Å². The van der Waals surface area contributed by atoms with Crippen molar-refractivity contribution in [2.45, 2.75) is 20.3 Å². The van der Waals surface area contributed by atoms with Crippen molar-refractivity contribution in [2.75, 3.05) is 6.61 Å². The fourth-order valence-electron chi connectivity index (χ4n) is 2.84. The Labute approximate surface area is 158 Å². The highest BCUT2D eigenvalue weighted by molar-refractivity contribution is 6.06. The minimum absolute atomic E-state index is 0.0784. The van der Waals surface area contributed by atoms with Gasteiger partial charge in [0.15, 0.2) is 17.0 Å². The van der Waals surface area contributed by atoms with Gasteiger partial charge in [0.25, 0.3) is 0 Å². The lowest BCUT2D eigenvalue weighted by Crippen LogP contribution is -2.41. The monoisotopic (exact) mass is 363 g/mol. The zero-order valence-corrected chi connectivity index (χ0v) is 15.3. The van der Waals surface area contributed by atoms with E-state index in [0.29, 0.717) is 11.1 Å². The second kappa shape index (κ2) is 8.91. The predicted molar refractivity (Wildman–Crippen MR) is 100 cm³/mol. The van der Waals surface area contributed by atoms with Crippen LogP contribution in [0.15, 0.2) is 60.7 Å². The predicted octanol–water partition coefficient (Wildman–Crippen LogP) is 3.85. The number of ketones is 2. The number of ether oxygens (including phenoxy) is 1. The smallest absolute Gasteiger partial charge is 0.326 e. The molecule has 0 aliphatic carbocycles. The molecule has 0 aromatic heterocycles. The van der Waals surface area contributed by atoms with E-state index in [-0.39, 0.29) is 18.8 Å². The van der Waals surface area contributed by atoms with E-state index in [2.05, 4.69) is 0 Å². The lowest BCUT2D eigenvalue weighted by atomic mass is 9.71. The molecule has 0 heterocycles. The van der Waals surface area contributed by atoms with E-state index in [1.807, 2.05) is 6.07 Å². The average molecular weight is 363 g/mol. The number of esters is 1. The van der Waals surface area contributed by atoms with Gasteiger partial charge in [-0.05, 0) is 13.8 Å². The first-order valence-corrected chi connectivity index (χ1v) is 8.70. The first-order chi connectivity index (χ1) is 12.9. The van der Waals surface area contributed by atoms with Crippen molar-refractivity contribution in [3.8, 4) is 6.07 Å². The van der Waals surface area contributed by atoms with Crippen LogP contribution in [-0.4, -0.2) is 24.1 Å². The van der Waals surface area contributed by atoms with Gasteiger partial charge in [0, 0.05) is 17.5 Å². The highest BCUT2D eigenvalue weighted by Gasteiger charge is 2.48. The first-order valence-electron chi connectivity index (χ1n) is 8.70. The number of carbonyl (C=O) groups is 3. The molecule has 0 aliphatic rings. The van der Waals surface area contributed by atoms with Crippen molar-refractivity contribution in [1.29, 1.82) is 5.26 Å². The minimum Gasteiger partial charge on any atom is -0.465 e. The standard InChI is InChI=1S/C22H21NO4/c1-3-27-21(26)22(2,15-23)18(20(25)17-12-8-5-9-13-17)14-19(24)16-10-6-4-7-11-16/h4-13,18H,3,14H2,1-2H3. The van der Waals surface area contributed by atoms with Crippen LogP contribution in [0.5, 0.6) is 0 Å².